The van der Waals surface area contributed by atoms with Gasteiger partial charge in [0.2, 0.25) is 0 Å². The number of aryl methyl sites for hydroxylation is 2. The van der Waals surface area contributed by atoms with E-state index >= 15 is 0 Å². The van der Waals surface area contributed by atoms with Gasteiger partial charge in [-0.15, -0.1) is 0 Å². The molecule has 0 atom stereocenters. The van der Waals surface area contributed by atoms with Crippen molar-refractivity contribution in [3.05, 3.63) is 81.9 Å². The van der Waals surface area contributed by atoms with Crippen LogP contribution in [0.5, 0.6) is 0 Å². The van der Waals surface area contributed by atoms with Crippen LogP contribution in [0.25, 0.3) is 27.9 Å². The molecule has 4 aromatic rings. The number of alkyl halides is 3. The highest BCUT2D eigenvalue weighted by Crippen LogP contribution is 2.38. The van der Waals surface area contributed by atoms with Gasteiger partial charge in [0, 0.05) is 0 Å². The number of aromatic amines is 1. The largest absolute Gasteiger partial charge is 0.433 e. The van der Waals surface area contributed by atoms with Gasteiger partial charge in [-0.3, -0.25) is 9.89 Å². The van der Waals surface area contributed by atoms with Crippen molar-refractivity contribution in [2.75, 3.05) is 0 Å². The number of H-pyrrole nitrogens is 1. The Kier molecular flexibility index (Phi) is 4.00. The average molecular weight is 381 g/mol. The van der Waals surface area contributed by atoms with Gasteiger partial charge in [0.1, 0.15) is 5.69 Å². The summed E-state index contributed by atoms with van der Waals surface area (Å²) in [6.07, 6.45) is -4.68. The van der Waals surface area contributed by atoms with Gasteiger partial charge in [-0.25, -0.2) is 4.98 Å². The maximum atomic E-state index is 13.7. The third-order valence-electron chi connectivity index (χ3n) is 4.47. The molecule has 4 rings (SSSR count). The van der Waals surface area contributed by atoms with Gasteiger partial charge in [0.05, 0.1) is 16.8 Å². The van der Waals surface area contributed by atoms with Crippen molar-refractivity contribution < 1.29 is 13.2 Å². The van der Waals surface area contributed by atoms with E-state index in [1.54, 1.807) is 56.3 Å². The molecule has 0 aliphatic carbocycles. The lowest BCUT2D eigenvalue weighted by molar-refractivity contribution is -0.140. The van der Waals surface area contributed by atoms with E-state index in [9.17, 15) is 18.0 Å². The zero-order valence-electron chi connectivity index (χ0n) is 15.0. The Labute approximate surface area is 158 Å². The van der Waals surface area contributed by atoms with Crippen molar-refractivity contribution in [1.29, 1.82) is 0 Å². The van der Waals surface area contributed by atoms with Gasteiger partial charge in [0.25, 0.3) is 5.56 Å². The molecule has 0 aliphatic heterocycles. The van der Waals surface area contributed by atoms with E-state index in [0.717, 1.165) is 10.1 Å². The third-order valence-corrected chi connectivity index (χ3v) is 4.47. The normalized spacial score (nSPS) is 11.6. The molecule has 0 aliphatic rings. The van der Waals surface area contributed by atoms with Crippen LogP contribution < -0.4 is 5.56 Å². The van der Waals surface area contributed by atoms with Crippen molar-refractivity contribution in [3.8, 4) is 22.3 Å². The van der Waals surface area contributed by atoms with E-state index in [0.29, 0.717) is 16.8 Å². The molecule has 7 heteroatoms. The first-order valence-electron chi connectivity index (χ1n) is 8.45. The molecule has 0 unspecified atom stereocenters. The minimum absolute atomic E-state index is 0.0621. The van der Waals surface area contributed by atoms with E-state index in [4.69, 9.17) is 0 Å². The quantitative estimate of drug-likeness (QED) is 0.552. The predicted molar refractivity (Wildman–Crippen MR) is 98.8 cm³/mol. The Morgan fingerprint density at radius 1 is 1.07 bits per heavy atom. The van der Waals surface area contributed by atoms with E-state index < -0.39 is 17.4 Å². The fourth-order valence-corrected chi connectivity index (χ4v) is 3.28. The monoisotopic (exact) mass is 381 g/mol. The summed E-state index contributed by atoms with van der Waals surface area (Å²) in [5.41, 5.74) is 0.356. The molecule has 2 aromatic heterocycles. The number of halogens is 3. The van der Waals surface area contributed by atoms with Crippen LogP contribution in [0.4, 0.5) is 13.2 Å². The molecule has 2 heterocycles. The van der Waals surface area contributed by atoms with Crippen molar-refractivity contribution in [2.24, 2.45) is 0 Å². The molecule has 0 saturated heterocycles. The number of aromatic nitrogens is 3. The molecule has 0 spiro atoms. The minimum Gasteiger partial charge on any atom is -0.284 e. The lowest BCUT2D eigenvalue weighted by atomic mass is 10.0. The maximum Gasteiger partial charge on any atom is 0.433 e. The highest BCUT2D eigenvalue weighted by molar-refractivity contribution is 5.81. The standard InChI is InChI=1S/C21H14F3N3O/c1-12-7-6-10-15(11-12)16-13(2)25-19-17(14-8-4-3-5-9-14)18(21(22,23)24)26-27(19)20(16)28/h3-5,8-11,26H,1-2H3. The van der Waals surface area contributed by atoms with Crippen molar-refractivity contribution >= 4 is 5.65 Å². The van der Waals surface area contributed by atoms with Crippen molar-refractivity contribution in [2.45, 2.75) is 20.0 Å². The second-order valence-corrected chi connectivity index (χ2v) is 6.46. The molecule has 2 aromatic carbocycles. The minimum atomic E-state index is -4.68. The summed E-state index contributed by atoms with van der Waals surface area (Å²) in [6, 6.07) is 17.0. The molecular formula is C21H14F3N3O. The molecule has 0 saturated carbocycles. The van der Waals surface area contributed by atoms with Gasteiger partial charge in [0.15, 0.2) is 5.65 Å². The highest BCUT2D eigenvalue weighted by Gasteiger charge is 2.38. The van der Waals surface area contributed by atoms with Crippen LogP contribution in [0.2, 0.25) is 0 Å². The topological polar surface area (TPSA) is 50.2 Å². The Hall–Kier alpha value is -3.53. The average Bonchev–Trinajstić information content (AvgIpc) is 3.02. The van der Waals surface area contributed by atoms with E-state index in [2.05, 4.69) is 22.2 Å². The molecule has 0 bridgehead atoms. The molecule has 0 radical (unpaired) electrons. The zero-order valence-corrected chi connectivity index (χ0v) is 15.0. The fourth-order valence-electron chi connectivity index (χ4n) is 3.28. The predicted octanol–water partition coefficient (Wildman–Crippen LogP) is 4.59. The molecule has 140 valence electrons. The number of hydrogen-bond acceptors (Lipinski definition) is 2. The summed E-state index contributed by atoms with van der Waals surface area (Å²) in [6.45, 7) is 3.40. The Morgan fingerprint density at radius 2 is 1.79 bits per heavy atom. The van der Waals surface area contributed by atoms with Gasteiger partial charge in [-0.2, -0.15) is 17.7 Å². The number of hydrogen-bond donors (Lipinski definition) is 1. The third kappa shape index (κ3) is 2.83. The number of rotatable bonds is 2. The van der Waals surface area contributed by atoms with Crippen molar-refractivity contribution in [3.63, 3.8) is 0 Å². The van der Waals surface area contributed by atoms with Crippen LogP contribution in [0.1, 0.15) is 17.0 Å². The van der Waals surface area contributed by atoms with Crippen LogP contribution in [-0.4, -0.2) is 14.6 Å². The molecule has 1 N–H and O–H groups in total. The first-order chi connectivity index (χ1) is 13.3. The summed E-state index contributed by atoms with van der Waals surface area (Å²) in [7, 11) is 0. The van der Waals surface area contributed by atoms with Crippen LogP contribution in [-0.2, 0) is 6.18 Å². The van der Waals surface area contributed by atoms with Gasteiger partial charge in [-0.05, 0) is 42.7 Å². The van der Waals surface area contributed by atoms with Crippen LogP contribution >= 0.6 is 0 Å². The molecular weight excluding hydrogens is 367 g/mol. The maximum absolute atomic E-state index is 13.7. The SMILES string of the molecule is Cc1c#ccc(-c2c(C)nc3c(-c4ccccc4)c(C(F)(F)F)[nH]n3c2=O)c1. The Balaban J connectivity index is 2.10. The summed E-state index contributed by atoms with van der Waals surface area (Å²) in [4.78, 5) is 17.4. The molecule has 0 fully saturated rings. The summed E-state index contributed by atoms with van der Waals surface area (Å²) in [5, 5.41) is 2.22. The second kappa shape index (κ2) is 6.27. The lowest BCUT2D eigenvalue weighted by Crippen LogP contribution is -2.19. The highest BCUT2D eigenvalue weighted by atomic mass is 19.4. The van der Waals surface area contributed by atoms with Crippen LogP contribution in [0.15, 0.2) is 47.3 Å². The number of nitrogens with zero attached hydrogens (tertiary/aromatic N) is 2. The lowest BCUT2D eigenvalue weighted by Gasteiger charge is -2.07. The number of fused-ring (bicyclic) bond motifs is 1. The van der Waals surface area contributed by atoms with Gasteiger partial charge in [-0.1, -0.05) is 42.5 Å². The van der Waals surface area contributed by atoms with Gasteiger partial charge < -0.3 is 0 Å². The summed E-state index contributed by atoms with van der Waals surface area (Å²) < 4.78 is 42.0. The fraction of sp³-hybridized carbons (Fsp3) is 0.143. The van der Waals surface area contributed by atoms with Gasteiger partial charge >= 0.3 is 6.18 Å². The van der Waals surface area contributed by atoms with E-state index in [-0.39, 0.29) is 16.8 Å². The van der Waals surface area contributed by atoms with Crippen LogP contribution in [0, 0.1) is 26.0 Å². The first-order valence-corrected chi connectivity index (χ1v) is 8.45. The smallest absolute Gasteiger partial charge is 0.284 e. The first kappa shape index (κ1) is 17.9. The Morgan fingerprint density at radius 3 is 2.43 bits per heavy atom. The number of benzene rings is 1. The Bertz CT molecular complexity index is 1240. The number of nitrogens with one attached hydrogen (secondary N) is 1. The van der Waals surface area contributed by atoms with E-state index in [1.165, 1.54) is 0 Å². The molecule has 28 heavy (non-hydrogen) atoms. The second-order valence-electron chi connectivity index (χ2n) is 6.46. The molecule has 4 nitrogen and oxygen atoms in total. The van der Waals surface area contributed by atoms with Crippen molar-refractivity contribution in [1.82, 2.24) is 14.6 Å². The van der Waals surface area contributed by atoms with Crippen LogP contribution in [0.3, 0.4) is 0 Å². The van der Waals surface area contributed by atoms with E-state index in [1.807, 2.05) is 0 Å². The zero-order chi connectivity index (χ0) is 20.1. The molecule has 0 amide bonds. The summed E-state index contributed by atoms with van der Waals surface area (Å²) >= 11 is 0. The summed E-state index contributed by atoms with van der Waals surface area (Å²) in [5.74, 6) is 0.